The summed E-state index contributed by atoms with van der Waals surface area (Å²) in [6, 6.07) is 2.06. The Morgan fingerprint density at radius 3 is 2.44 bits per heavy atom. The zero-order valence-corrected chi connectivity index (χ0v) is 10.3. The predicted octanol–water partition coefficient (Wildman–Crippen LogP) is 1.84. The molecule has 1 rings (SSSR count). The number of ether oxygens (including phenoxy) is 1. The number of hydrogen-bond donors (Lipinski definition) is 2. The van der Waals surface area contributed by atoms with E-state index in [4.69, 9.17) is 10.5 Å². The van der Waals surface area contributed by atoms with Gasteiger partial charge in [0, 0.05) is 6.07 Å². The normalized spacial score (nSPS) is 11.1. The summed E-state index contributed by atoms with van der Waals surface area (Å²) in [6.07, 6.45) is 0. The quantitative estimate of drug-likeness (QED) is 0.273. The molecule has 0 spiro atoms. The second kappa shape index (κ2) is 4.52. The molecular weight excluding hydrogens is 240 g/mol. The van der Waals surface area contributed by atoms with E-state index in [1.165, 1.54) is 0 Å². The topological polar surface area (TPSA) is 116 Å². The molecule has 0 amide bonds. The number of aromatic hydroxyl groups is 1. The van der Waals surface area contributed by atoms with E-state index < -0.39 is 33.5 Å². The molecule has 0 bridgehead atoms. The van der Waals surface area contributed by atoms with E-state index in [9.17, 15) is 20.0 Å². The number of anilines is 1. The second-order valence-corrected chi connectivity index (χ2v) is 4.65. The number of nitro groups is 1. The van der Waals surface area contributed by atoms with Gasteiger partial charge in [0.25, 0.3) is 5.69 Å². The molecule has 0 unspecified atom stereocenters. The van der Waals surface area contributed by atoms with Gasteiger partial charge in [-0.3, -0.25) is 10.1 Å². The molecule has 0 heterocycles. The van der Waals surface area contributed by atoms with Crippen LogP contribution in [-0.2, 0) is 4.74 Å². The second-order valence-electron chi connectivity index (χ2n) is 4.65. The summed E-state index contributed by atoms with van der Waals surface area (Å²) in [4.78, 5) is 21.9. The van der Waals surface area contributed by atoms with E-state index in [-0.39, 0.29) is 5.69 Å². The first kappa shape index (κ1) is 13.8. The maximum atomic E-state index is 11.8. The number of esters is 1. The van der Waals surface area contributed by atoms with Crippen LogP contribution in [-0.4, -0.2) is 21.6 Å². The zero-order chi connectivity index (χ0) is 14.1. The fourth-order valence-electron chi connectivity index (χ4n) is 1.29. The van der Waals surface area contributed by atoms with Crippen LogP contribution in [0.2, 0.25) is 0 Å². The Labute approximate surface area is 103 Å². The van der Waals surface area contributed by atoms with Gasteiger partial charge >= 0.3 is 5.97 Å². The van der Waals surface area contributed by atoms with E-state index in [0.29, 0.717) is 0 Å². The third kappa shape index (κ3) is 2.88. The summed E-state index contributed by atoms with van der Waals surface area (Å²) in [7, 11) is 0. The number of carbonyl (C=O) groups is 1. The van der Waals surface area contributed by atoms with Crippen molar-refractivity contribution >= 4 is 17.3 Å². The van der Waals surface area contributed by atoms with Gasteiger partial charge in [0.05, 0.1) is 10.6 Å². The highest BCUT2D eigenvalue weighted by Gasteiger charge is 2.29. The van der Waals surface area contributed by atoms with Crippen molar-refractivity contribution in [1.29, 1.82) is 0 Å². The first-order chi connectivity index (χ1) is 8.13. The van der Waals surface area contributed by atoms with E-state index >= 15 is 0 Å². The molecule has 7 nitrogen and oxygen atoms in total. The highest BCUT2D eigenvalue weighted by atomic mass is 16.6. The molecule has 0 atom stereocenters. The number of nitro benzene ring substituents is 1. The van der Waals surface area contributed by atoms with Crippen molar-refractivity contribution in [3.8, 4) is 5.75 Å². The van der Waals surface area contributed by atoms with E-state index in [2.05, 4.69) is 0 Å². The third-order valence-electron chi connectivity index (χ3n) is 2.00. The zero-order valence-electron chi connectivity index (χ0n) is 10.3. The molecule has 1 aromatic carbocycles. The van der Waals surface area contributed by atoms with Gasteiger partial charge in [0.1, 0.15) is 11.4 Å². The van der Waals surface area contributed by atoms with Crippen molar-refractivity contribution in [3.63, 3.8) is 0 Å². The first-order valence-corrected chi connectivity index (χ1v) is 5.12. The van der Waals surface area contributed by atoms with Crippen molar-refractivity contribution in [2.45, 2.75) is 26.4 Å². The van der Waals surface area contributed by atoms with Crippen LogP contribution in [0.4, 0.5) is 11.4 Å². The summed E-state index contributed by atoms with van der Waals surface area (Å²) >= 11 is 0. The molecule has 98 valence electrons. The van der Waals surface area contributed by atoms with E-state index in [1.54, 1.807) is 20.8 Å². The Morgan fingerprint density at radius 2 is 2.00 bits per heavy atom. The average molecular weight is 254 g/mol. The minimum atomic E-state index is -0.942. The Hall–Kier alpha value is -2.31. The molecule has 7 heteroatoms. The number of phenolic OH excluding ortho intramolecular Hbond substituents is 1. The molecule has 0 aliphatic rings. The maximum Gasteiger partial charge on any atom is 0.347 e. The lowest BCUT2D eigenvalue weighted by Gasteiger charge is -2.20. The number of nitrogen functional groups attached to an aromatic ring is 1. The van der Waals surface area contributed by atoms with Crippen molar-refractivity contribution in [2.75, 3.05) is 5.73 Å². The first-order valence-electron chi connectivity index (χ1n) is 5.12. The van der Waals surface area contributed by atoms with Crippen LogP contribution in [0.5, 0.6) is 5.75 Å². The lowest BCUT2D eigenvalue weighted by Crippen LogP contribution is -2.25. The Kier molecular flexibility index (Phi) is 3.45. The number of rotatable bonds is 2. The molecule has 18 heavy (non-hydrogen) atoms. The van der Waals surface area contributed by atoms with Gasteiger partial charge in [0.15, 0.2) is 5.56 Å². The number of phenols is 1. The molecule has 0 saturated carbocycles. The predicted molar refractivity (Wildman–Crippen MR) is 64.3 cm³/mol. The molecule has 0 aliphatic carbocycles. The van der Waals surface area contributed by atoms with Gasteiger partial charge in [-0.25, -0.2) is 4.79 Å². The van der Waals surface area contributed by atoms with Crippen molar-refractivity contribution in [3.05, 3.63) is 27.8 Å². The molecule has 0 fully saturated rings. The van der Waals surface area contributed by atoms with Crippen LogP contribution in [0.3, 0.4) is 0 Å². The SMILES string of the molecule is CC(C)(C)OC(=O)c1c([N+](=O)[O-])ccc(O)c1N. The van der Waals surface area contributed by atoms with Gasteiger partial charge < -0.3 is 15.6 Å². The number of nitrogens with zero attached hydrogens (tertiary/aromatic N) is 1. The van der Waals surface area contributed by atoms with Gasteiger partial charge in [-0.05, 0) is 26.8 Å². The minimum absolute atomic E-state index is 0.363. The minimum Gasteiger partial charge on any atom is -0.506 e. The number of benzene rings is 1. The summed E-state index contributed by atoms with van der Waals surface area (Å²) in [6.45, 7) is 4.86. The van der Waals surface area contributed by atoms with Gasteiger partial charge in [-0.2, -0.15) is 0 Å². The number of carbonyl (C=O) groups excluding carboxylic acids is 1. The van der Waals surface area contributed by atoms with Crippen LogP contribution in [0.25, 0.3) is 0 Å². The molecule has 0 radical (unpaired) electrons. The summed E-state index contributed by atoms with van der Waals surface area (Å²) in [5.41, 5.74) is 3.37. The van der Waals surface area contributed by atoms with Gasteiger partial charge in [0.2, 0.25) is 0 Å². The monoisotopic (exact) mass is 254 g/mol. The molecule has 0 saturated heterocycles. The Bertz CT molecular complexity index is 505. The largest absolute Gasteiger partial charge is 0.506 e. The summed E-state index contributed by atoms with van der Waals surface area (Å²) < 4.78 is 5.02. The van der Waals surface area contributed by atoms with Crippen LogP contribution >= 0.6 is 0 Å². The van der Waals surface area contributed by atoms with Crippen LogP contribution in [0, 0.1) is 10.1 Å². The molecule has 0 aliphatic heterocycles. The Balaban J connectivity index is 3.33. The van der Waals surface area contributed by atoms with E-state index in [1.807, 2.05) is 0 Å². The highest BCUT2D eigenvalue weighted by Crippen LogP contribution is 2.33. The summed E-state index contributed by atoms with van der Waals surface area (Å²) in [5.74, 6) is -1.34. The number of nitrogens with two attached hydrogens (primary N) is 1. The van der Waals surface area contributed by atoms with Gasteiger partial charge in [-0.1, -0.05) is 0 Å². The van der Waals surface area contributed by atoms with Crippen molar-refractivity contribution < 1.29 is 19.6 Å². The Morgan fingerprint density at radius 1 is 1.44 bits per heavy atom. The lowest BCUT2D eigenvalue weighted by atomic mass is 10.1. The van der Waals surface area contributed by atoms with E-state index in [0.717, 1.165) is 12.1 Å². The fraction of sp³-hybridized carbons (Fsp3) is 0.364. The maximum absolute atomic E-state index is 11.8. The lowest BCUT2D eigenvalue weighted by molar-refractivity contribution is -0.385. The number of hydrogen-bond acceptors (Lipinski definition) is 6. The van der Waals surface area contributed by atoms with Crippen LogP contribution < -0.4 is 5.73 Å². The van der Waals surface area contributed by atoms with Gasteiger partial charge in [-0.15, -0.1) is 0 Å². The molecular formula is C11H14N2O5. The highest BCUT2D eigenvalue weighted by molar-refractivity contribution is 6.01. The fourth-order valence-corrected chi connectivity index (χ4v) is 1.29. The third-order valence-corrected chi connectivity index (χ3v) is 2.00. The summed E-state index contributed by atoms with van der Waals surface area (Å²) in [5, 5.41) is 20.2. The van der Waals surface area contributed by atoms with Crippen LogP contribution in [0.15, 0.2) is 12.1 Å². The smallest absolute Gasteiger partial charge is 0.347 e. The molecule has 3 N–H and O–H groups in total. The molecule has 0 aromatic heterocycles. The van der Waals surface area contributed by atoms with Crippen LogP contribution in [0.1, 0.15) is 31.1 Å². The standard InChI is InChI=1S/C11H14N2O5/c1-11(2,3)18-10(15)8-6(13(16)17)4-5-7(14)9(8)12/h4-5,14H,12H2,1-3H3. The van der Waals surface area contributed by atoms with Crippen molar-refractivity contribution in [2.24, 2.45) is 0 Å². The molecule has 1 aromatic rings. The average Bonchev–Trinajstić information content (AvgIpc) is 2.18. The van der Waals surface area contributed by atoms with Crippen molar-refractivity contribution in [1.82, 2.24) is 0 Å².